The molecule has 4 aromatic rings. The van der Waals surface area contributed by atoms with Crippen molar-refractivity contribution in [2.45, 2.75) is 56.8 Å². The van der Waals surface area contributed by atoms with Crippen LogP contribution in [0, 0.1) is 6.92 Å². The molecule has 14 nitrogen and oxygen atoms in total. The van der Waals surface area contributed by atoms with Gasteiger partial charge in [0, 0.05) is 12.1 Å². The van der Waals surface area contributed by atoms with Gasteiger partial charge in [-0.05, 0) is 64.4 Å². The van der Waals surface area contributed by atoms with Gasteiger partial charge in [-0.3, -0.25) is 4.79 Å². The van der Waals surface area contributed by atoms with Gasteiger partial charge in [0.05, 0.1) is 21.2 Å². The first-order valence-corrected chi connectivity index (χ1v) is 14.9. The summed E-state index contributed by atoms with van der Waals surface area (Å²) in [4.78, 5) is 30.2. The number of benzene rings is 2. The number of aromatic nitrogens is 4. The van der Waals surface area contributed by atoms with Gasteiger partial charge in [-0.15, -0.1) is 0 Å². The first kappa shape index (κ1) is 31.6. The van der Waals surface area contributed by atoms with E-state index in [1.165, 1.54) is 17.1 Å². The van der Waals surface area contributed by atoms with Crippen LogP contribution in [-0.2, 0) is 30.5 Å². The number of carbonyl (C=O) groups is 2. The molecule has 0 bridgehead atoms. The predicted molar refractivity (Wildman–Crippen MR) is 149 cm³/mol. The van der Waals surface area contributed by atoms with Gasteiger partial charge in [0.25, 0.3) is 22.7 Å². The number of hydrogen-bond donors (Lipinski definition) is 1. The molecule has 1 fully saturated rings. The summed E-state index contributed by atoms with van der Waals surface area (Å²) in [6.07, 6.45) is -5.37. The van der Waals surface area contributed by atoms with Crippen molar-refractivity contribution in [2.24, 2.45) is 0 Å². The molecule has 0 radical (unpaired) electrons. The van der Waals surface area contributed by atoms with Crippen molar-refractivity contribution >= 4 is 22.1 Å². The van der Waals surface area contributed by atoms with Gasteiger partial charge in [-0.2, -0.15) is 22.9 Å². The maximum Gasteiger partial charge on any atom is 0.511 e. The third-order valence-corrected chi connectivity index (χ3v) is 7.84. The summed E-state index contributed by atoms with van der Waals surface area (Å²) >= 11 is 0. The maximum absolute atomic E-state index is 13.5. The van der Waals surface area contributed by atoms with E-state index in [2.05, 4.69) is 5.10 Å². The van der Waals surface area contributed by atoms with Gasteiger partial charge in [0.1, 0.15) is 16.7 Å². The van der Waals surface area contributed by atoms with Crippen molar-refractivity contribution in [1.82, 2.24) is 24.5 Å². The van der Waals surface area contributed by atoms with E-state index in [-0.39, 0.29) is 16.3 Å². The van der Waals surface area contributed by atoms with Crippen LogP contribution in [0.3, 0.4) is 0 Å². The van der Waals surface area contributed by atoms with Gasteiger partial charge in [0.15, 0.2) is 5.69 Å². The van der Waals surface area contributed by atoms with Gasteiger partial charge in [0.2, 0.25) is 0 Å². The summed E-state index contributed by atoms with van der Waals surface area (Å²) in [5, 5.41) is 5.90. The van der Waals surface area contributed by atoms with Crippen LogP contribution in [0.25, 0.3) is 16.9 Å². The van der Waals surface area contributed by atoms with Crippen LogP contribution in [-0.4, -0.2) is 65.2 Å². The zero-order chi connectivity index (χ0) is 32.7. The molecule has 1 atom stereocenters. The van der Waals surface area contributed by atoms with E-state index in [4.69, 9.17) is 18.9 Å². The van der Waals surface area contributed by atoms with Gasteiger partial charge in [-0.25, -0.2) is 27.6 Å². The Morgan fingerprint density at radius 1 is 1.07 bits per heavy atom. The molecule has 1 unspecified atom stereocenters. The highest BCUT2D eigenvalue weighted by Gasteiger charge is 2.42. The average Bonchev–Trinajstić information content (AvgIpc) is 3.48. The van der Waals surface area contributed by atoms with E-state index in [0.29, 0.717) is 18.5 Å². The van der Waals surface area contributed by atoms with Crippen LogP contribution in [0.1, 0.15) is 38.4 Å². The second-order valence-corrected chi connectivity index (χ2v) is 12.7. The molecule has 0 aliphatic carbocycles. The lowest BCUT2D eigenvalue weighted by molar-refractivity contribution is -0.141. The van der Waals surface area contributed by atoms with Crippen LogP contribution in [0.4, 0.5) is 18.0 Å². The molecule has 242 valence electrons. The average molecular weight is 655 g/mol. The molecule has 2 aromatic heterocycles. The van der Waals surface area contributed by atoms with E-state index in [1.807, 2.05) is 11.6 Å². The van der Waals surface area contributed by atoms with Crippen LogP contribution < -0.4 is 14.6 Å². The summed E-state index contributed by atoms with van der Waals surface area (Å²) < 4.78 is 84.4. The monoisotopic (exact) mass is 654 g/mol. The number of hydrogen-bond acceptors (Lipinski definition) is 10. The molecule has 1 aliphatic rings. The third-order valence-electron chi connectivity index (χ3n) is 6.47. The second-order valence-electron chi connectivity index (χ2n) is 11.0. The molecule has 5 rings (SSSR count). The van der Waals surface area contributed by atoms with Crippen LogP contribution in [0.15, 0.2) is 64.1 Å². The molecule has 1 aliphatic heterocycles. The first-order valence-electron chi connectivity index (χ1n) is 13.5. The highest BCUT2D eigenvalue weighted by molar-refractivity contribution is 7.90. The second kappa shape index (κ2) is 11.6. The van der Waals surface area contributed by atoms with Crippen LogP contribution >= 0.6 is 0 Å². The van der Waals surface area contributed by atoms with Crippen molar-refractivity contribution in [3.8, 4) is 16.9 Å². The molecular weight excluding hydrogens is 625 g/mol. The molecule has 1 N–H and O–H groups in total. The topological polar surface area (TPSA) is 152 Å². The predicted octanol–water partition coefficient (Wildman–Crippen LogP) is 3.62. The number of ether oxygens (including phenoxy) is 2. The highest BCUT2D eigenvalue weighted by atomic mass is 32.2. The Morgan fingerprint density at radius 3 is 2.31 bits per heavy atom. The van der Waals surface area contributed by atoms with Gasteiger partial charge in [-0.1, -0.05) is 29.8 Å². The number of alkyl halides is 3. The minimum atomic E-state index is -4.70. The molecule has 2 aromatic carbocycles. The Balaban J connectivity index is 1.23. The molecule has 1 saturated heterocycles. The lowest BCUT2D eigenvalue weighted by atomic mass is 10.1. The summed E-state index contributed by atoms with van der Waals surface area (Å²) in [5.74, 6) is -0.852. The quantitative estimate of drug-likeness (QED) is 0.209. The van der Waals surface area contributed by atoms with E-state index in [0.717, 1.165) is 38.4 Å². The fraction of sp³-hybridized carbons (Fsp3) is 0.370. The van der Waals surface area contributed by atoms with Gasteiger partial charge < -0.3 is 14.3 Å². The number of sulfonamides is 1. The fourth-order valence-electron chi connectivity index (χ4n) is 4.18. The van der Waals surface area contributed by atoms with Crippen molar-refractivity contribution in [3.05, 3.63) is 65.9 Å². The highest BCUT2D eigenvalue weighted by Crippen LogP contribution is 2.33. The molecule has 18 heteroatoms. The molecule has 45 heavy (non-hydrogen) atoms. The van der Waals surface area contributed by atoms with Crippen molar-refractivity contribution in [1.29, 1.82) is 0 Å². The van der Waals surface area contributed by atoms with Crippen molar-refractivity contribution in [2.75, 3.05) is 18.3 Å². The summed E-state index contributed by atoms with van der Waals surface area (Å²) in [5.41, 5.74) is -0.144. The lowest BCUT2D eigenvalue weighted by Crippen LogP contribution is -2.61. The number of rotatable bonds is 9. The van der Waals surface area contributed by atoms with E-state index in [9.17, 15) is 31.2 Å². The van der Waals surface area contributed by atoms with Gasteiger partial charge >= 0.3 is 12.3 Å². The zero-order valence-corrected chi connectivity index (χ0v) is 25.3. The number of nitrogens with zero attached hydrogens (tertiary/aromatic N) is 5. The first-order chi connectivity index (χ1) is 21.0. The molecule has 0 saturated carbocycles. The summed E-state index contributed by atoms with van der Waals surface area (Å²) in [7, 11) is -4.36. The largest absolute Gasteiger partial charge is 0.511 e. The Hall–Kier alpha value is -4.87. The number of nitrogens with one attached hydrogen (secondary N) is 1. The molecule has 1 amide bonds. The normalized spacial score (nSPS) is 15.4. The molecule has 0 spiro atoms. The van der Waals surface area contributed by atoms with E-state index < -0.39 is 52.4 Å². The minimum Gasteiger partial charge on any atom is -0.428 e. The third kappa shape index (κ3) is 7.27. The van der Waals surface area contributed by atoms with Crippen LogP contribution in [0.5, 0.6) is 0 Å². The summed E-state index contributed by atoms with van der Waals surface area (Å²) in [6, 6.07) is 11.7. The fourth-order valence-corrected chi connectivity index (χ4v) is 5.19. The Bertz CT molecular complexity index is 1780. The number of carbonyl (C=O) groups excluding carboxylic acids is 2. The Kier molecular flexibility index (Phi) is 8.11. The number of amides is 1. The minimum absolute atomic E-state index is 0.156. The zero-order valence-electron chi connectivity index (χ0n) is 24.4. The van der Waals surface area contributed by atoms with Crippen LogP contribution in [0.2, 0.25) is 0 Å². The Morgan fingerprint density at radius 2 is 1.73 bits per heavy atom. The van der Waals surface area contributed by atoms with E-state index >= 15 is 0 Å². The smallest absolute Gasteiger partial charge is 0.428 e. The lowest BCUT2D eigenvalue weighted by Gasteiger charge is -2.35. The van der Waals surface area contributed by atoms with E-state index in [1.54, 1.807) is 45.0 Å². The number of aryl methyl sites for hydroxylation is 1. The summed E-state index contributed by atoms with van der Waals surface area (Å²) in [6.45, 7) is 6.60. The molecule has 3 heterocycles. The molecular formula is C27H29F3N6O8S. The maximum atomic E-state index is 13.5. The van der Waals surface area contributed by atoms with Crippen molar-refractivity contribution in [3.63, 3.8) is 0 Å². The SMILES string of the molecule is Cc1ccc(-c2cc(C(F)(F)F)nn2-c2ccc(S(=O)(=O)NC(=O)C3CCN3n3on3OCOC(=O)OC(C)(C)C)cc2)cc1. The van der Waals surface area contributed by atoms with Crippen molar-refractivity contribution < 1.29 is 50.1 Å². The standard InChI is InChI=1S/C27H29F3N6O8S/c1-17-5-7-18(8-6-17)22-15-23(27(28,29)30)31-34(22)19-9-11-20(12-10-19)45(39,40)32-24(37)21-13-14-33(21)35-36(44-35)42-16-41-25(38)43-26(2,3)4/h5-12,15,21H,13-14,16H2,1-4H3,(H,32,37). The number of halogens is 3. The Labute approximate surface area is 254 Å².